The van der Waals surface area contributed by atoms with Gasteiger partial charge in [0.1, 0.15) is 17.3 Å². The number of para-hydroxylation sites is 1. The Bertz CT molecular complexity index is 986. The number of likely N-dealkylation sites (tertiary alicyclic amines) is 1. The summed E-state index contributed by atoms with van der Waals surface area (Å²) in [6.07, 6.45) is 3.20. The smallest absolute Gasteiger partial charge is 0.228 e. The van der Waals surface area contributed by atoms with E-state index in [0.29, 0.717) is 10.8 Å². The van der Waals surface area contributed by atoms with Crippen molar-refractivity contribution in [2.75, 3.05) is 18.4 Å². The van der Waals surface area contributed by atoms with E-state index in [0.717, 1.165) is 37.4 Å². The van der Waals surface area contributed by atoms with Crippen LogP contribution in [-0.2, 0) is 4.79 Å². The number of anilines is 1. The van der Waals surface area contributed by atoms with Gasteiger partial charge in [0.15, 0.2) is 0 Å². The number of hydrogen-bond acceptors (Lipinski definition) is 4. The fourth-order valence-corrected chi connectivity index (χ4v) is 3.99. The van der Waals surface area contributed by atoms with Crippen LogP contribution in [0.2, 0.25) is 5.02 Å². The van der Waals surface area contributed by atoms with Gasteiger partial charge >= 0.3 is 0 Å². The van der Waals surface area contributed by atoms with Gasteiger partial charge in [0.05, 0.1) is 5.02 Å². The number of benzene rings is 2. The molecule has 160 valence electrons. The molecule has 1 aliphatic heterocycles. The van der Waals surface area contributed by atoms with Crippen LogP contribution in [0.4, 0.5) is 5.82 Å². The lowest BCUT2D eigenvalue weighted by Crippen LogP contribution is -2.39. The van der Waals surface area contributed by atoms with Crippen molar-refractivity contribution >= 4 is 23.3 Å². The third kappa shape index (κ3) is 5.63. The number of pyridine rings is 1. The zero-order chi connectivity index (χ0) is 21.6. The second-order valence-electron chi connectivity index (χ2n) is 7.82. The first-order chi connectivity index (χ1) is 15.1. The summed E-state index contributed by atoms with van der Waals surface area (Å²) >= 11 is 5.85. The minimum absolute atomic E-state index is 0.00239. The molecule has 2 aromatic carbocycles. The van der Waals surface area contributed by atoms with Crippen LogP contribution in [0.25, 0.3) is 0 Å². The van der Waals surface area contributed by atoms with E-state index in [2.05, 4.69) is 34.3 Å². The minimum Gasteiger partial charge on any atom is -0.457 e. The number of halogens is 1. The molecule has 1 N–H and O–H groups in total. The van der Waals surface area contributed by atoms with Crippen LogP contribution in [0.1, 0.15) is 31.4 Å². The average Bonchev–Trinajstić information content (AvgIpc) is 2.81. The summed E-state index contributed by atoms with van der Waals surface area (Å²) in [5.41, 5.74) is 1.24. The number of amides is 1. The Morgan fingerprint density at radius 2 is 1.71 bits per heavy atom. The SMILES string of the molecule is CC(c1ccc(Oc2ccccc2)cc1)N1CCC(C(=O)Nc2ccc(Cl)cn2)CC1. The van der Waals surface area contributed by atoms with Crippen molar-refractivity contribution in [2.45, 2.75) is 25.8 Å². The normalized spacial score (nSPS) is 15.9. The number of aromatic nitrogens is 1. The maximum atomic E-state index is 12.6. The fourth-order valence-electron chi connectivity index (χ4n) is 3.88. The van der Waals surface area contributed by atoms with E-state index in [1.807, 2.05) is 42.5 Å². The summed E-state index contributed by atoms with van der Waals surface area (Å²) in [5, 5.41) is 3.46. The van der Waals surface area contributed by atoms with Gasteiger partial charge < -0.3 is 10.1 Å². The highest BCUT2D eigenvalue weighted by Gasteiger charge is 2.28. The van der Waals surface area contributed by atoms with E-state index in [-0.39, 0.29) is 17.9 Å². The molecule has 1 atom stereocenters. The molecular formula is C25H26ClN3O2. The van der Waals surface area contributed by atoms with Crippen molar-refractivity contribution in [2.24, 2.45) is 5.92 Å². The molecule has 31 heavy (non-hydrogen) atoms. The molecule has 0 radical (unpaired) electrons. The van der Waals surface area contributed by atoms with Crippen LogP contribution < -0.4 is 10.1 Å². The molecule has 1 fully saturated rings. The van der Waals surface area contributed by atoms with Crippen LogP contribution >= 0.6 is 11.6 Å². The number of rotatable bonds is 6. The lowest BCUT2D eigenvalue weighted by atomic mass is 9.94. The second kappa shape index (κ2) is 9.94. The maximum Gasteiger partial charge on any atom is 0.228 e. The Kier molecular flexibility index (Phi) is 6.85. The van der Waals surface area contributed by atoms with Crippen LogP contribution in [0.5, 0.6) is 11.5 Å². The molecule has 1 unspecified atom stereocenters. The fraction of sp³-hybridized carbons (Fsp3) is 0.280. The maximum absolute atomic E-state index is 12.6. The first-order valence-corrected chi connectivity index (χ1v) is 11.0. The molecule has 5 nitrogen and oxygen atoms in total. The van der Waals surface area contributed by atoms with Gasteiger partial charge in [-0.25, -0.2) is 4.98 Å². The molecule has 3 aromatic rings. The first-order valence-electron chi connectivity index (χ1n) is 10.6. The Hall–Kier alpha value is -2.89. The predicted molar refractivity (Wildman–Crippen MR) is 124 cm³/mol. The van der Waals surface area contributed by atoms with Crippen LogP contribution in [-0.4, -0.2) is 28.9 Å². The highest BCUT2D eigenvalue weighted by molar-refractivity contribution is 6.30. The third-order valence-corrected chi connectivity index (χ3v) is 5.99. The molecule has 1 amide bonds. The molecule has 1 aliphatic rings. The van der Waals surface area contributed by atoms with Crippen molar-refractivity contribution in [3.05, 3.63) is 83.5 Å². The zero-order valence-corrected chi connectivity index (χ0v) is 18.3. The van der Waals surface area contributed by atoms with Crippen molar-refractivity contribution in [1.82, 2.24) is 9.88 Å². The molecule has 0 aliphatic carbocycles. The minimum atomic E-state index is 0.00239. The molecule has 1 saturated heterocycles. The third-order valence-electron chi connectivity index (χ3n) is 5.77. The molecule has 1 aromatic heterocycles. The van der Waals surface area contributed by atoms with E-state index in [4.69, 9.17) is 16.3 Å². The molecule has 2 heterocycles. The summed E-state index contributed by atoms with van der Waals surface area (Å²) in [6.45, 7) is 3.98. The van der Waals surface area contributed by atoms with Crippen molar-refractivity contribution in [3.8, 4) is 11.5 Å². The van der Waals surface area contributed by atoms with E-state index in [1.165, 1.54) is 11.8 Å². The van der Waals surface area contributed by atoms with Crippen molar-refractivity contribution < 1.29 is 9.53 Å². The number of hydrogen-bond donors (Lipinski definition) is 1. The molecule has 4 rings (SSSR count). The van der Waals surface area contributed by atoms with Gasteiger partial charge in [-0.05, 0) is 74.8 Å². The van der Waals surface area contributed by atoms with Crippen LogP contribution in [0.15, 0.2) is 72.9 Å². The van der Waals surface area contributed by atoms with Gasteiger partial charge in [-0.2, -0.15) is 0 Å². The van der Waals surface area contributed by atoms with Gasteiger partial charge in [0, 0.05) is 18.2 Å². The van der Waals surface area contributed by atoms with Gasteiger partial charge in [0.25, 0.3) is 0 Å². The highest BCUT2D eigenvalue weighted by Crippen LogP contribution is 2.29. The van der Waals surface area contributed by atoms with Crippen molar-refractivity contribution in [3.63, 3.8) is 0 Å². The summed E-state index contributed by atoms with van der Waals surface area (Å²) in [4.78, 5) is 19.1. The first kappa shape index (κ1) is 21.3. The van der Waals surface area contributed by atoms with Crippen molar-refractivity contribution in [1.29, 1.82) is 0 Å². The highest BCUT2D eigenvalue weighted by atomic mass is 35.5. The number of nitrogens with one attached hydrogen (secondary N) is 1. The van der Waals surface area contributed by atoms with E-state index in [9.17, 15) is 4.79 Å². The zero-order valence-electron chi connectivity index (χ0n) is 17.5. The Morgan fingerprint density at radius 1 is 1.03 bits per heavy atom. The van der Waals surface area contributed by atoms with E-state index >= 15 is 0 Å². The number of carbonyl (C=O) groups excluding carboxylic acids is 1. The largest absolute Gasteiger partial charge is 0.457 e. The molecular weight excluding hydrogens is 410 g/mol. The van der Waals surface area contributed by atoms with Gasteiger partial charge in [0.2, 0.25) is 5.91 Å². The van der Waals surface area contributed by atoms with E-state index in [1.54, 1.807) is 12.1 Å². The van der Waals surface area contributed by atoms with E-state index < -0.39 is 0 Å². The second-order valence-corrected chi connectivity index (χ2v) is 8.26. The summed E-state index contributed by atoms with van der Waals surface area (Å²) < 4.78 is 5.88. The monoisotopic (exact) mass is 435 g/mol. The number of carbonyl (C=O) groups is 1. The Labute approximate surface area is 188 Å². The molecule has 0 saturated carbocycles. The Morgan fingerprint density at radius 3 is 2.35 bits per heavy atom. The molecule has 0 bridgehead atoms. The Balaban J connectivity index is 1.29. The predicted octanol–water partition coefficient (Wildman–Crippen LogP) is 5.94. The summed E-state index contributed by atoms with van der Waals surface area (Å²) in [7, 11) is 0. The number of nitrogens with zero attached hydrogens (tertiary/aromatic N) is 2. The topological polar surface area (TPSA) is 54.5 Å². The van der Waals surface area contributed by atoms with Gasteiger partial charge in [-0.3, -0.25) is 9.69 Å². The lowest BCUT2D eigenvalue weighted by Gasteiger charge is -2.35. The summed E-state index contributed by atoms with van der Waals surface area (Å²) in [6, 6.07) is 21.8. The van der Waals surface area contributed by atoms with Crippen LogP contribution in [0.3, 0.4) is 0 Å². The average molecular weight is 436 g/mol. The lowest BCUT2D eigenvalue weighted by molar-refractivity contribution is -0.121. The van der Waals surface area contributed by atoms with Gasteiger partial charge in [-0.1, -0.05) is 41.9 Å². The quantitative estimate of drug-likeness (QED) is 0.520. The molecule has 6 heteroatoms. The summed E-state index contributed by atoms with van der Waals surface area (Å²) in [5.74, 6) is 2.24. The molecule has 0 spiro atoms. The number of ether oxygens (including phenoxy) is 1. The van der Waals surface area contributed by atoms with Gasteiger partial charge in [-0.15, -0.1) is 0 Å². The standard InChI is InChI=1S/C25H26ClN3O2/c1-18(19-7-10-23(11-8-19)31-22-5-3-2-4-6-22)29-15-13-20(14-16-29)25(30)28-24-12-9-21(26)17-27-24/h2-12,17-18,20H,13-16H2,1H3,(H,27,28,30). The van der Waals surface area contributed by atoms with Crippen LogP contribution in [0, 0.1) is 5.92 Å². The number of piperidine rings is 1.